The third kappa shape index (κ3) is 7.30. The van der Waals surface area contributed by atoms with Crippen molar-refractivity contribution in [2.45, 2.75) is 72.6 Å². The summed E-state index contributed by atoms with van der Waals surface area (Å²) in [5.74, 6) is -1.85. The Hall–Kier alpha value is -5.20. The quantitative estimate of drug-likeness (QED) is 0.182. The maximum absolute atomic E-state index is 14.5. The van der Waals surface area contributed by atoms with Crippen LogP contribution in [0.25, 0.3) is 44.4 Å². The third-order valence-electron chi connectivity index (χ3n) is 8.81. The molecule has 3 aromatic rings. The molecule has 0 saturated carbocycles. The van der Waals surface area contributed by atoms with Crippen LogP contribution in [0.4, 0.5) is 13.2 Å². The first-order valence-electron chi connectivity index (χ1n) is 15.6. The second kappa shape index (κ2) is 13.7. The number of esters is 3. The Bertz CT molecular complexity index is 2090. The van der Waals surface area contributed by atoms with E-state index < -0.39 is 24.2 Å². The molecule has 2 N–H and O–H groups in total. The molecule has 5 heterocycles. The van der Waals surface area contributed by atoms with Crippen molar-refractivity contribution in [1.29, 1.82) is 0 Å². The molecule has 0 amide bonds. The number of carbonyl (C=O) groups is 3. The molecule has 8 bridgehead atoms. The molecule has 10 nitrogen and oxygen atoms in total. The molecule has 0 aliphatic carbocycles. The zero-order valence-electron chi connectivity index (χ0n) is 28.3. The number of allylic oxidation sites excluding steroid dienone is 4. The molecular weight excluding hydrogens is 641 g/mol. The lowest BCUT2D eigenvalue weighted by Gasteiger charge is -2.20. The molecule has 1 unspecified atom stereocenters. The molecule has 0 aromatic carbocycles. The Morgan fingerprint density at radius 2 is 1.29 bits per heavy atom. The number of rotatable bonds is 8. The fourth-order valence-electron chi connectivity index (χ4n) is 6.16. The van der Waals surface area contributed by atoms with Crippen LogP contribution in [0.1, 0.15) is 92.0 Å². The molecule has 49 heavy (non-hydrogen) atoms. The summed E-state index contributed by atoms with van der Waals surface area (Å²) in [6, 6.07) is 8.69. The molecule has 1 atom stereocenters. The summed E-state index contributed by atoms with van der Waals surface area (Å²) >= 11 is 0. The molecule has 258 valence electrons. The van der Waals surface area contributed by atoms with Crippen molar-refractivity contribution >= 4 is 62.3 Å². The van der Waals surface area contributed by atoms with Crippen LogP contribution in [-0.4, -0.2) is 58.2 Å². The zero-order chi connectivity index (χ0) is 35.8. The van der Waals surface area contributed by atoms with E-state index in [1.165, 1.54) is 21.1 Å². The topological polar surface area (TPSA) is 136 Å². The summed E-state index contributed by atoms with van der Waals surface area (Å²) < 4.78 is 58.1. The van der Waals surface area contributed by atoms with Crippen molar-refractivity contribution in [3.8, 4) is 0 Å². The number of methoxy groups -OCH3 is 2. The number of H-pyrrole nitrogens is 2. The minimum atomic E-state index is -4.90. The minimum absolute atomic E-state index is 0.0692. The van der Waals surface area contributed by atoms with Gasteiger partial charge in [0.1, 0.15) is 0 Å². The van der Waals surface area contributed by atoms with Crippen molar-refractivity contribution in [3.05, 3.63) is 69.8 Å². The normalized spacial score (nSPS) is 13.8. The zero-order valence-corrected chi connectivity index (χ0v) is 28.3. The monoisotopic (exact) mass is 678 g/mol. The van der Waals surface area contributed by atoms with E-state index in [-0.39, 0.29) is 41.9 Å². The van der Waals surface area contributed by atoms with Crippen LogP contribution in [-0.2, 0) is 28.6 Å². The molecular formula is C36H37F3N4O6. The number of hydrogen-bond acceptors (Lipinski definition) is 8. The number of carbonyl (C=O) groups excluding carboxylic acids is 3. The Morgan fingerprint density at radius 3 is 1.80 bits per heavy atom. The fourth-order valence-corrected chi connectivity index (χ4v) is 6.16. The molecule has 0 radical (unpaired) electrons. The van der Waals surface area contributed by atoms with Crippen molar-refractivity contribution in [3.63, 3.8) is 0 Å². The summed E-state index contributed by atoms with van der Waals surface area (Å²) in [7, 11) is 2.64. The van der Waals surface area contributed by atoms with Crippen LogP contribution in [0.2, 0.25) is 0 Å². The average molecular weight is 679 g/mol. The first-order valence-corrected chi connectivity index (χ1v) is 15.6. The van der Waals surface area contributed by atoms with Gasteiger partial charge in [-0.15, -0.1) is 0 Å². The first-order chi connectivity index (χ1) is 23.1. The Morgan fingerprint density at radius 1 is 0.735 bits per heavy atom. The smallest absolute Gasteiger partial charge is 0.429 e. The number of nitrogens with one attached hydrogen (secondary N) is 2. The summed E-state index contributed by atoms with van der Waals surface area (Å²) in [4.78, 5) is 52.4. The van der Waals surface area contributed by atoms with Gasteiger partial charge in [0.05, 0.1) is 37.0 Å². The van der Waals surface area contributed by atoms with E-state index in [1.807, 2.05) is 32.9 Å². The van der Waals surface area contributed by atoms with Gasteiger partial charge in [-0.2, -0.15) is 13.2 Å². The highest BCUT2D eigenvalue weighted by atomic mass is 19.4. The SMILES string of the molecule is COC(=O)CCC1=C(C)c2cc3cc(C)c(cc4[nH]c(cc5nc(cc1n2)C(CCC(=O)OC)=C5C)c(C)c4C(OC(C)=O)C(F)(F)F)[nH]3. The van der Waals surface area contributed by atoms with Gasteiger partial charge < -0.3 is 24.2 Å². The molecule has 0 spiro atoms. The van der Waals surface area contributed by atoms with Crippen LogP contribution in [0.3, 0.4) is 0 Å². The number of ether oxygens (including phenoxy) is 3. The van der Waals surface area contributed by atoms with Gasteiger partial charge in [-0.25, -0.2) is 9.97 Å². The summed E-state index contributed by atoms with van der Waals surface area (Å²) in [6.45, 7) is 8.02. The number of aromatic nitrogens is 4. The molecule has 3 aromatic heterocycles. The van der Waals surface area contributed by atoms with Crippen LogP contribution >= 0.6 is 0 Å². The van der Waals surface area contributed by atoms with E-state index in [9.17, 15) is 27.6 Å². The number of aromatic amines is 2. The number of hydrogen-bond donors (Lipinski definition) is 2. The predicted octanol–water partition coefficient (Wildman–Crippen LogP) is 7.87. The van der Waals surface area contributed by atoms with E-state index in [0.717, 1.165) is 29.2 Å². The standard InChI is InChI=1S/C36H37F3N4O6/c1-17-12-22-13-26-18(2)23(8-10-32(45)47-6)29(41-26)16-30-24(9-11-33(46)48-7)19(3)27(42-30)15-28-20(4)34(31(43-28)14-25(17)40-22)35(36(37,38)39)49-21(5)44/h12-16,35,40,43H,8-11H2,1-7H3. The van der Waals surface area contributed by atoms with Gasteiger partial charge in [0.25, 0.3) is 0 Å². The lowest BCUT2D eigenvalue weighted by Crippen LogP contribution is -2.25. The van der Waals surface area contributed by atoms with Crippen LogP contribution in [0, 0.1) is 13.8 Å². The minimum Gasteiger partial charge on any atom is -0.469 e. The summed E-state index contributed by atoms with van der Waals surface area (Å²) in [5.41, 5.74) is 7.69. The second-order valence-electron chi connectivity index (χ2n) is 12.0. The predicted molar refractivity (Wildman–Crippen MR) is 179 cm³/mol. The molecule has 2 aliphatic rings. The summed E-state index contributed by atoms with van der Waals surface area (Å²) in [6.07, 6.45) is -6.58. The number of nitrogens with zero attached hydrogens (tertiary/aromatic N) is 2. The van der Waals surface area contributed by atoms with Gasteiger partial charge >= 0.3 is 24.1 Å². The van der Waals surface area contributed by atoms with Gasteiger partial charge in [-0.1, -0.05) is 0 Å². The van der Waals surface area contributed by atoms with E-state index in [0.29, 0.717) is 51.3 Å². The van der Waals surface area contributed by atoms with E-state index in [2.05, 4.69) is 9.97 Å². The second-order valence-corrected chi connectivity index (χ2v) is 12.0. The number of alkyl halides is 3. The third-order valence-corrected chi connectivity index (χ3v) is 8.81. The van der Waals surface area contributed by atoms with Gasteiger partial charge in [0.15, 0.2) is 0 Å². The Balaban J connectivity index is 1.89. The van der Waals surface area contributed by atoms with Crippen molar-refractivity contribution in [2.75, 3.05) is 14.2 Å². The Labute approximate surface area is 280 Å². The summed E-state index contributed by atoms with van der Waals surface area (Å²) in [5, 5.41) is 0. The van der Waals surface area contributed by atoms with E-state index in [4.69, 9.17) is 24.2 Å². The number of halogens is 3. The highest BCUT2D eigenvalue weighted by Crippen LogP contribution is 2.42. The lowest BCUT2D eigenvalue weighted by atomic mass is 9.98. The Kier molecular flexibility index (Phi) is 9.84. The lowest BCUT2D eigenvalue weighted by molar-refractivity contribution is -0.222. The molecule has 2 aliphatic heterocycles. The highest BCUT2D eigenvalue weighted by Gasteiger charge is 2.45. The molecule has 0 fully saturated rings. The van der Waals surface area contributed by atoms with Gasteiger partial charge in [-0.05, 0) is 104 Å². The largest absolute Gasteiger partial charge is 0.469 e. The maximum atomic E-state index is 14.5. The van der Waals surface area contributed by atoms with E-state index in [1.54, 1.807) is 18.2 Å². The van der Waals surface area contributed by atoms with Crippen LogP contribution < -0.4 is 0 Å². The van der Waals surface area contributed by atoms with Crippen LogP contribution in [0.5, 0.6) is 0 Å². The average Bonchev–Trinajstić information content (AvgIpc) is 3.71. The molecule has 0 saturated heterocycles. The fraction of sp³-hybridized carbons (Fsp3) is 0.361. The van der Waals surface area contributed by atoms with Crippen molar-refractivity contribution in [1.82, 2.24) is 19.9 Å². The number of fused-ring (bicyclic) bond motifs is 8. The first kappa shape index (κ1) is 35.1. The maximum Gasteiger partial charge on any atom is 0.429 e. The van der Waals surface area contributed by atoms with E-state index >= 15 is 0 Å². The van der Waals surface area contributed by atoms with Crippen LogP contribution in [0.15, 0.2) is 30.3 Å². The molecule has 5 rings (SSSR count). The van der Waals surface area contributed by atoms with Gasteiger partial charge in [-0.3, -0.25) is 14.4 Å². The highest BCUT2D eigenvalue weighted by molar-refractivity contribution is 5.96. The van der Waals surface area contributed by atoms with Gasteiger partial charge in [0.2, 0.25) is 6.10 Å². The van der Waals surface area contributed by atoms with Crippen molar-refractivity contribution in [2.24, 2.45) is 0 Å². The van der Waals surface area contributed by atoms with Crippen molar-refractivity contribution < 1.29 is 41.8 Å². The molecule has 13 heteroatoms. The van der Waals surface area contributed by atoms with Gasteiger partial charge in [0, 0.05) is 47.4 Å². The number of aryl methyl sites for hydroxylation is 2.